The third-order valence-electron chi connectivity index (χ3n) is 4.55. The molecule has 0 aliphatic heterocycles. The van der Waals surface area contributed by atoms with E-state index in [1.807, 2.05) is 18.2 Å². The minimum atomic E-state index is 0.734. The predicted molar refractivity (Wildman–Crippen MR) is 123 cm³/mol. The highest BCUT2D eigenvalue weighted by molar-refractivity contribution is 5.71. The number of benzene rings is 2. The van der Waals surface area contributed by atoms with Gasteiger partial charge in [-0.2, -0.15) is 0 Å². The summed E-state index contributed by atoms with van der Waals surface area (Å²) >= 11 is 0. The normalized spacial score (nSPS) is 11.0. The molecule has 3 nitrogen and oxygen atoms in total. The molecule has 3 heteroatoms. The summed E-state index contributed by atoms with van der Waals surface area (Å²) in [7, 11) is 0. The molecule has 0 heterocycles. The van der Waals surface area contributed by atoms with E-state index in [1.165, 1.54) is 0 Å². The molecule has 0 saturated heterocycles. The highest BCUT2D eigenvalue weighted by Gasteiger charge is 2.03. The second-order valence-electron chi connectivity index (χ2n) is 7.25. The van der Waals surface area contributed by atoms with Crippen molar-refractivity contribution >= 4 is 12.2 Å². The van der Waals surface area contributed by atoms with Gasteiger partial charge in [0, 0.05) is 6.07 Å². The van der Waals surface area contributed by atoms with Crippen molar-refractivity contribution in [2.75, 3.05) is 19.8 Å². The molecule has 2 rings (SSSR count). The zero-order valence-electron chi connectivity index (χ0n) is 18.3. The lowest BCUT2D eigenvalue weighted by molar-refractivity contribution is 0.294. The minimum Gasteiger partial charge on any atom is -0.494 e. The summed E-state index contributed by atoms with van der Waals surface area (Å²) in [5.74, 6) is 2.66. The summed E-state index contributed by atoms with van der Waals surface area (Å²) in [6.45, 7) is 8.75. The van der Waals surface area contributed by atoms with Crippen molar-refractivity contribution < 1.29 is 14.2 Å². The number of hydrogen-bond donors (Lipinski definition) is 0. The van der Waals surface area contributed by atoms with E-state index in [2.05, 4.69) is 57.2 Å². The van der Waals surface area contributed by atoms with E-state index in [0.29, 0.717) is 0 Å². The van der Waals surface area contributed by atoms with Gasteiger partial charge in [0.15, 0.2) is 0 Å². The SMILES string of the molecule is CCCCOc1ccc(/C=C/c2cc(OCCCC)cc(OCCCC)c2)cc1. The molecule has 0 fully saturated rings. The zero-order chi connectivity index (χ0) is 20.7. The van der Waals surface area contributed by atoms with Gasteiger partial charge >= 0.3 is 0 Å². The molecule has 0 radical (unpaired) electrons. The average Bonchev–Trinajstić information content (AvgIpc) is 2.74. The zero-order valence-corrected chi connectivity index (χ0v) is 18.3. The first kappa shape index (κ1) is 22.9. The summed E-state index contributed by atoms with van der Waals surface area (Å²) in [4.78, 5) is 0. The number of ether oxygens (including phenoxy) is 3. The van der Waals surface area contributed by atoms with Gasteiger partial charge in [-0.25, -0.2) is 0 Å². The van der Waals surface area contributed by atoms with Crippen molar-refractivity contribution in [3.8, 4) is 17.2 Å². The lowest BCUT2D eigenvalue weighted by Gasteiger charge is -2.11. The van der Waals surface area contributed by atoms with Gasteiger partial charge < -0.3 is 14.2 Å². The van der Waals surface area contributed by atoms with Gasteiger partial charge in [-0.15, -0.1) is 0 Å². The number of unbranched alkanes of at least 4 members (excludes halogenated alkanes) is 3. The third kappa shape index (κ3) is 9.08. The Hall–Kier alpha value is -2.42. The van der Waals surface area contributed by atoms with E-state index >= 15 is 0 Å². The van der Waals surface area contributed by atoms with E-state index < -0.39 is 0 Å². The van der Waals surface area contributed by atoms with Crippen molar-refractivity contribution in [3.05, 3.63) is 53.6 Å². The highest BCUT2D eigenvalue weighted by Crippen LogP contribution is 2.25. The van der Waals surface area contributed by atoms with Crippen LogP contribution in [0.25, 0.3) is 12.2 Å². The maximum absolute atomic E-state index is 5.92. The lowest BCUT2D eigenvalue weighted by Crippen LogP contribution is -2.00. The fourth-order valence-electron chi connectivity index (χ4n) is 2.73. The van der Waals surface area contributed by atoms with Crippen molar-refractivity contribution in [2.45, 2.75) is 59.3 Å². The van der Waals surface area contributed by atoms with E-state index in [0.717, 1.165) is 86.7 Å². The fraction of sp³-hybridized carbons (Fsp3) is 0.462. The molecule has 29 heavy (non-hydrogen) atoms. The molecule has 0 saturated carbocycles. The van der Waals surface area contributed by atoms with Crippen LogP contribution in [0.5, 0.6) is 17.2 Å². The van der Waals surface area contributed by atoms with E-state index in [4.69, 9.17) is 14.2 Å². The van der Waals surface area contributed by atoms with Crippen LogP contribution >= 0.6 is 0 Å². The van der Waals surface area contributed by atoms with Crippen molar-refractivity contribution in [3.63, 3.8) is 0 Å². The first-order valence-corrected chi connectivity index (χ1v) is 11.1. The van der Waals surface area contributed by atoms with Crippen molar-refractivity contribution in [2.24, 2.45) is 0 Å². The van der Waals surface area contributed by atoms with E-state index in [-0.39, 0.29) is 0 Å². The Morgan fingerprint density at radius 1 is 0.552 bits per heavy atom. The Morgan fingerprint density at radius 3 is 1.48 bits per heavy atom. The molecule has 0 bridgehead atoms. The molecular weight excluding hydrogens is 360 g/mol. The molecule has 0 amide bonds. The molecule has 0 N–H and O–H groups in total. The van der Waals surface area contributed by atoms with Crippen LogP contribution in [0.15, 0.2) is 42.5 Å². The van der Waals surface area contributed by atoms with Crippen LogP contribution in [0.4, 0.5) is 0 Å². The first-order valence-electron chi connectivity index (χ1n) is 11.1. The molecule has 2 aromatic carbocycles. The maximum atomic E-state index is 5.92. The van der Waals surface area contributed by atoms with Crippen molar-refractivity contribution in [1.82, 2.24) is 0 Å². The average molecular weight is 397 g/mol. The van der Waals surface area contributed by atoms with Crippen LogP contribution in [0.1, 0.15) is 70.4 Å². The van der Waals surface area contributed by atoms with E-state index in [1.54, 1.807) is 0 Å². The van der Waals surface area contributed by atoms with Gasteiger partial charge in [0.2, 0.25) is 0 Å². The van der Waals surface area contributed by atoms with Gasteiger partial charge in [-0.05, 0) is 54.7 Å². The maximum Gasteiger partial charge on any atom is 0.123 e. The summed E-state index contributed by atoms with van der Waals surface area (Å²) < 4.78 is 17.6. The van der Waals surface area contributed by atoms with Gasteiger partial charge in [-0.1, -0.05) is 64.3 Å². The Bertz CT molecular complexity index is 691. The van der Waals surface area contributed by atoms with Gasteiger partial charge in [0.25, 0.3) is 0 Å². The summed E-state index contributed by atoms with van der Waals surface area (Å²) in [6.07, 6.45) is 10.8. The second-order valence-corrected chi connectivity index (χ2v) is 7.25. The van der Waals surface area contributed by atoms with E-state index in [9.17, 15) is 0 Å². The molecule has 0 aliphatic carbocycles. The monoisotopic (exact) mass is 396 g/mol. The molecule has 0 spiro atoms. The van der Waals surface area contributed by atoms with Crippen LogP contribution in [0, 0.1) is 0 Å². The summed E-state index contributed by atoms with van der Waals surface area (Å²) in [5.41, 5.74) is 2.22. The van der Waals surface area contributed by atoms with Crippen LogP contribution in [0.3, 0.4) is 0 Å². The molecule has 158 valence electrons. The fourth-order valence-corrected chi connectivity index (χ4v) is 2.73. The standard InChI is InChI=1S/C26H36O3/c1-4-7-16-27-24-14-12-22(13-15-24)10-11-23-19-25(28-17-8-5-2)21-26(20-23)29-18-9-6-3/h10-15,19-21H,4-9,16-18H2,1-3H3/b11-10+. The Morgan fingerprint density at radius 2 is 1.00 bits per heavy atom. The van der Waals surface area contributed by atoms with Crippen LogP contribution in [0.2, 0.25) is 0 Å². The summed E-state index contributed by atoms with van der Waals surface area (Å²) in [6, 6.07) is 14.3. The number of hydrogen-bond acceptors (Lipinski definition) is 3. The van der Waals surface area contributed by atoms with Crippen LogP contribution in [-0.2, 0) is 0 Å². The first-order chi connectivity index (χ1) is 14.2. The van der Waals surface area contributed by atoms with Crippen LogP contribution in [-0.4, -0.2) is 19.8 Å². The van der Waals surface area contributed by atoms with Crippen LogP contribution < -0.4 is 14.2 Å². The molecule has 2 aromatic rings. The van der Waals surface area contributed by atoms with Gasteiger partial charge in [0.1, 0.15) is 17.2 Å². The largest absolute Gasteiger partial charge is 0.494 e. The quantitative estimate of drug-likeness (QED) is 0.246. The Kier molecular flexibility index (Phi) is 10.8. The Balaban J connectivity index is 2.05. The molecule has 0 aliphatic rings. The summed E-state index contributed by atoms with van der Waals surface area (Å²) in [5, 5.41) is 0. The predicted octanol–water partition coefficient (Wildman–Crippen LogP) is 7.39. The third-order valence-corrected chi connectivity index (χ3v) is 4.55. The number of rotatable bonds is 14. The Labute approximate surface area is 176 Å². The lowest BCUT2D eigenvalue weighted by atomic mass is 10.1. The van der Waals surface area contributed by atoms with Gasteiger partial charge in [-0.3, -0.25) is 0 Å². The van der Waals surface area contributed by atoms with Gasteiger partial charge in [0.05, 0.1) is 19.8 Å². The minimum absolute atomic E-state index is 0.734. The molecule has 0 atom stereocenters. The van der Waals surface area contributed by atoms with Crippen molar-refractivity contribution in [1.29, 1.82) is 0 Å². The smallest absolute Gasteiger partial charge is 0.123 e. The molecule has 0 unspecified atom stereocenters. The highest BCUT2D eigenvalue weighted by atomic mass is 16.5. The topological polar surface area (TPSA) is 27.7 Å². The molecular formula is C26H36O3. The second kappa shape index (κ2) is 13.7. The molecule has 0 aromatic heterocycles.